The number of hydrogen-bond donors (Lipinski definition) is 0. The summed E-state index contributed by atoms with van der Waals surface area (Å²) >= 11 is 0. The summed E-state index contributed by atoms with van der Waals surface area (Å²) in [5.41, 5.74) is 1.54. The van der Waals surface area contributed by atoms with Crippen LogP contribution in [0.1, 0.15) is 30.6 Å². The van der Waals surface area contributed by atoms with Crippen molar-refractivity contribution in [1.29, 1.82) is 0 Å². The molecule has 1 heterocycles. The minimum absolute atomic E-state index is 0.299. The lowest BCUT2D eigenvalue weighted by Crippen LogP contribution is -2.36. The van der Waals surface area contributed by atoms with Crippen LogP contribution in [-0.4, -0.2) is 37.6 Å². The van der Waals surface area contributed by atoms with E-state index < -0.39 is 0 Å². The van der Waals surface area contributed by atoms with Gasteiger partial charge >= 0.3 is 0 Å². The fourth-order valence-corrected chi connectivity index (χ4v) is 2.38. The Kier molecular flexibility index (Phi) is 5.28. The predicted octanol–water partition coefficient (Wildman–Crippen LogP) is 3.30. The van der Waals surface area contributed by atoms with Gasteiger partial charge in [0, 0.05) is 25.1 Å². The molecule has 112 valence electrons. The zero-order valence-corrected chi connectivity index (χ0v) is 12.9. The third-order valence-electron chi connectivity index (χ3n) is 3.79. The maximum Gasteiger partial charge on any atom is 0.153 e. The van der Waals surface area contributed by atoms with Gasteiger partial charge in [-0.15, -0.1) is 0 Å². The van der Waals surface area contributed by atoms with E-state index in [1.165, 1.54) is 0 Å². The number of carbonyl (C=O) groups excluding carboxylic acids is 1. The average Bonchev–Trinajstić information content (AvgIpc) is 2.54. The number of aromatic nitrogens is 1. The normalized spacial score (nSPS) is 12.3. The number of benzene rings is 1. The first-order valence-corrected chi connectivity index (χ1v) is 7.31. The van der Waals surface area contributed by atoms with Crippen molar-refractivity contribution in [2.45, 2.75) is 26.3 Å². The van der Waals surface area contributed by atoms with Crippen molar-refractivity contribution >= 4 is 23.0 Å². The molecule has 1 aromatic carbocycles. The predicted molar refractivity (Wildman–Crippen MR) is 86.1 cm³/mol. The van der Waals surface area contributed by atoms with Crippen LogP contribution in [0.3, 0.4) is 0 Å². The number of ether oxygens (including phenoxy) is 1. The first-order chi connectivity index (χ1) is 10.2. The van der Waals surface area contributed by atoms with E-state index >= 15 is 0 Å². The first kappa shape index (κ1) is 15.4. The van der Waals surface area contributed by atoms with E-state index in [-0.39, 0.29) is 0 Å². The minimum Gasteiger partial charge on any atom is -0.383 e. The van der Waals surface area contributed by atoms with Gasteiger partial charge in [-0.3, -0.25) is 4.79 Å². The number of pyridine rings is 1. The summed E-state index contributed by atoms with van der Waals surface area (Å²) in [5, 5.41) is 0.985. The molecule has 1 unspecified atom stereocenters. The summed E-state index contributed by atoms with van der Waals surface area (Å²) in [7, 11) is 1.68. The molecule has 21 heavy (non-hydrogen) atoms. The number of carbonyl (C=O) groups is 1. The number of methoxy groups -OCH3 is 1. The van der Waals surface area contributed by atoms with Crippen LogP contribution in [0, 0.1) is 0 Å². The van der Waals surface area contributed by atoms with Crippen molar-refractivity contribution in [2.24, 2.45) is 0 Å². The Morgan fingerprint density at radius 3 is 2.81 bits per heavy atom. The Labute approximate surface area is 125 Å². The highest BCUT2D eigenvalue weighted by atomic mass is 16.5. The molecule has 0 amide bonds. The van der Waals surface area contributed by atoms with Gasteiger partial charge in [-0.05, 0) is 25.5 Å². The molecule has 0 fully saturated rings. The standard InChI is InChI=1S/C17H22N2O2/c1-4-13(2)19(9-10-21-3)17-15(12-20)11-14-7-5-6-8-16(14)18-17/h5-8,11-13H,4,9-10H2,1-3H3. The Hall–Kier alpha value is -1.94. The molecular formula is C17H22N2O2. The maximum atomic E-state index is 11.5. The van der Waals surface area contributed by atoms with E-state index in [9.17, 15) is 4.79 Å². The number of para-hydroxylation sites is 1. The molecule has 1 aromatic heterocycles. The average molecular weight is 286 g/mol. The number of fused-ring (bicyclic) bond motifs is 1. The van der Waals surface area contributed by atoms with Gasteiger partial charge in [-0.25, -0.2) is 4.98 Å². The topological polar surface area (TPSA) is 42.4 Å². The van der Waals surface area contributed by atoms with Crippen molar-refractivity contribution in [2.75, 3.05) is 25.2 Å². The SMILES string of the molecule is CCC(C)N(CCOC)c1nc2ccccc2cc1C=O. The molecule has 0 bridgehead atoms. The highest BCUT2D eigenvalue weighted by Gasteiger charge is 2.18. The van der Waals surface area contributed by atoms with Gasteiger partial charge in [-0.2, -0.15) is 0 Å². The Morgan fingerprint density at radius 2 is 2.14 bits per heavy atom. The number of aldehydes is 1. The lowest BCUT2D eigenvalue weighted by molar-refractivity contribution is 0.112. The summed E-state index contributed by atoms with van der Waals surface area (Å²) in [6.45, 7) is 5.60. The maximum absolute atomic E-state index is 11.5. The molecule has 0 radical (unpaired) electrons. The molecule has 4 heteroatoms. The van der Waals surface area contributed by atoms with Gasteiger partial charge in [-0.1, -0.05) is 25.1 Å². The van der Waals surface area contributed by atoms with Crippen LogP contribution in [0.25, 0.3) is 10.9 Å². The van der Waals surface area contributed by atoms with Crippen LogP contribution in [-0.2, 0) is 4.74 Å². The minimum atomic E-state index is 0.299. The first-order valence-electron chi connectivity index (χ1n) is 7.31. The number of anilines is 1. The van der Waals surface area contributed by atoms with Crippen LogP contribution >= 0.6 is 0 Å². The second-order valence-electron chi connectivity index (χ2n) is 5.16. The summed E-state index contributed by atoms with van der Waals surface area (Å²) in [4.78, 5) is 18.3. The van der Waals surface area contributed by atoms with E-state index in [4.69, 9.17) is 9.72 Å². The van der Waals surface area contributed by atoms with E-state index in [2.05, 4.69) is 18.7 Å². The number of nitrogens with zero attached hydrogens (tertiary/aromatic N) is 2. The summed E-state index contributed by atoms with van der Waals surface area (Å²) in [6, 6.07) is 10.1. The van der Waals surface area contributed by atoms with Crippen LogP contribution in [0.15, 0.2) is 30.3 Å². The molecule has 4 nitrogen and oxygen atoms in total. The second kappa shape index (κ2) is 7.18. The molecule has 0 saturated carbocycles. The largest absolute Gasteiger partial charge is 0.383 e. The van der Waals surface area contributed by atoms with E-state index in [0.717, 1.165) is 36.0 Å². The summed E-state index contributed by atoms with van der Waals surface area (Å²) < 4.78 is 5.19. The Bertz CT molecular complexity index is 613. The van der Waals surface area contributed by atoms with E-state index in [1.54, 1.807) is 7.11 Å². The quantitative estimate of drug-likeness (QED) is 0.732. The fourth-order valence-electron chi connectivity index (χ4n) is 2.38. The van der Waals surface area contributed by atoms with Crippen molar-refractivity contribution < 1.29 is 9.53 Å². The number of hydrogen-bond acceptors (Lipinski definition) is 4. The molecule has 2 rings (SSSR count). The monoisotopic (exact) mass is 286 g/mol. The van der Waals surface area contributed by atoms with E-state index in [1.807, 2.05) is 30.3 Å². The lowest BCUT2D eigenvalue weighted by Gasteiger charge is -2.30. The molecular weight excluding hydrogens is 264 g/mol. The van der Waals surface area contributed by atoms with Crippen LogP contribution in [0.5, 0.6) is 0 Å². The summed E-state index contributed by atoms with van der Waals surface area (Å²) in [5.74, 6) is 0.745. The van der Waals surface area contributed by atoms with Gasteiger partial charge in [0.2, 0.25) is 0 Å². The highest BCUT2D eigenvalue weighted by Crippen LogP contribution is 2.24. The summed E-state index contributed by atoms with van der Waals surface area (Å²) in [6.07, 6.45) is 1.87. The third-order valence-corrected chi connectivity index (χ3v) is 3.79. The Morgan fingerprint density at radius 1 is 1.38 bits per heavy atom. The third kappa shape index (κ3) is 3.39. The molecule has 1 atom stereocenters. The van der Waals surface area contributed by atoms with Crippen molar-refractivity contribution in [3.05, 3.63) is 35.9 Å². The molecule has 0 aliphatic carbocycles. The molecule has 0 N–H and O–H groups in total. The molecule has 0 saturated heterocycles. The Balaban J connectivity index is 2.51. The molecule has 0 aliphatic heterocycles. The van der Waals surface area contributed by atoms with Crippen molar-refractivity contribution in [1.82, 2.24) is 4.98 Å². The molecule has 2 aromatic rings. The van der Waals surface area contributed by atoms with Crippen LogP contribution < -0.4 is 4.90 Å². The number of rotatable bonds is 7. The van der Waals surface area contributed by atoms with Gasteiger partial charge in [0.25, 0.3) is 0 Å². The smallest absolute Gasteiger partial charge is 0.153 e. The van der Waals surface area contributed by atoms with Crippen molar-refractivity contribution in [3.8, 4) is 0 Å². The van der Waals surface area contributed by atoms with Crippen LogP contribution in [0.4, 0.5) is 5.82 Å². The zero-order chi connectivity index (χ0) is 15.2. The van der Waals surface area contributed by atoms with Crippen molar-refractivity contribution in [3.63, 3.8) is 0 Å². The lowest BCUT2D eigenvalue weighted by atomic mass is 10.1. The molecule has 0 spiro atoms. The highest BCUT2D eigenvalue weighted by molar-refractivity contribution is 5.91. The van der Waals surface area contributed by atoms with Gasteiger partial charge in [0.15, 0.2) is 6.29 Å². The fraction of sp³-hybridized carbons (Fsp3) is 0.412. The van der Waals surface area contributed by atoms with Crippen LogP contribution in [0.2, 0.25) is 0 Å². The molecule has 0 aliphatic rings. The second-order valence-corrected chi connectivity index (χ2v) is 5.16. The van der Waals surface area contributed by atoms with Gasteiger partial charge in [0.1, 0.15) is 5.82 Å². The van der Waals surface area contributed by atoms with Gasteiger partial charge in [0.05, 0.1) is 17.7 Å². The van der Waals surface area contributed by atoms with Gasteiger partial charge < -0.3 is 9.64 Å². The zero-order valence-electron chi connectivity index (χ0n) is 12.9. The van der Waals surface area contributed by atoms with E-state index in [0.29, 0.717) is 18.2 Å².